The number of anilines is 1. The molecule has 0 bridgehead atoms. The Balaban J connectivity index is 1.60. The lowest BCUT2D eigenvalue weighted by Crippen LogP contribution is -2.15. The molecule has 20 heavy (non-hydrogen) atoms. The lowest BCUT2D eigenvalue weighted by Gasteiger charge is -2.09. The lowest BCUT2D eigenvalue weighted by atomic mass is 10.1. The molecule has 0 aliphatic heterocycles. The zero-order valence-electron chi connectivity index (χ0n) is 11.1. The Kier molecular flexibility index (Phi) is 3.58. The Hall–Kier alpha value is -2.43. The van der Waals surface area contributed by atoms with Gasteiger partial charge in [0.1, 0.15) is 0 Å². The fraction of sp³-hybridized carbons (Fsp3) is 0.267. The number of nitrogens with one attached hydrogen (secondary N) is 1. The molecule has 0 saturated carbocycles. The molecule has 1 aliphatic carbocycles. The molecule has 0 unspecified atom stereocenters. The van der Waals surface area contributed by atoms with E-state index < -0.39 is 0 Å². The van der Waals surface area contributed by atoms with E-state index in [1.54, 1.807) is 17.1 Å². The van der Waals surface area contributed by atoms with Crippen molar-refractivity contribution in [1.82, 2.24) is 14.8 Å². The lowest BCUT2D eigenvalue weighted by molar-refractivity contribution is -0.116. The van der Waals surface area contributed by atoms with Crippen molar-refractivity contribution in [1.29, 1.82) is 0 Å². The second-order valence-corrected chi connectivity index (χ2v) is 4.87. The highest BCUT2D eigenvalue weighted by Gasteiger charge is 2.14. The van der Waals surface area contributed by atoms with Crippen molar-refractivity contribution in [2.24, 2.45) is 5.92 Å². The summed E-state index contributed by atoms with van der Waals surface area (Å²) < 4.78 is 1.68. The van der Waals surface area contributed by atoms with Gasteiger partial charge in [-0.2, -0.15) is 5.10 Å². The van der Waals surface area contributed by atoms with E-state index in [1.165, 1.54) is 0 Å². The first kappa shape index (κ1) is 12.6. The third kappa shape index (κ3) is 2.93. The molecule has 2 heterocycles. The van der Waals surface area contributed by atoms with Crippen molar-refractivity contribution in [3.63, 3.8) is 0 Å². The predicted octanol–water partition coefficient (Wildman–Crippen LogP) is 2.56. The van der Waals surface area contributed by atoms with E-state index >= 15 is 0 Å². The Morgan fingerprint density at radius 3 is 3.05 bits per heavy atom. The number of hydrogen-bond donors (Lipinski definition) is 1. The summed E-state index contributed by atoms with van der Waals surface area (Å²) in [6.45, 7) is 0. The van der Waals surface area contributed by atoms with Crippen LogP contribution in [0.3, 0.4) is 0 Å². The van der Waals surface area contributed by atoms with Gasteiger partial charge in [-0.25, -0.2) is 9.67 Å². The summed E-state index contributed by atoms with van der Waals surface area (Å²) in [5.41, 5.74) is 0.716. The molecular formula is C15H16N4O. The molecule has 0 radical (unpaired) electrons. The van der Waals surface area contributed by atoms with Crippen molar-refractivity contribution in [3.8, 4) is 5.82 Å². The smallest absolute Gasteiger partial charge is 0.225 e. The summed E-state index contributed by atoms with van der Waals surface area (Å²) in [6.07, 6.45) is 12.1. The van der Waals surface area contributed by atoms with Gasteiger partial charge in [0, 0.05) is 18.8 Å². The first-order valence-electron chi connectivity index (χ1n) is 6.74. The highest BCUT2D eigenvalue weighted by atomic mass is 16.1. The molecule has 1 atom stereocenters. The second kappa shape index (κ2) is 5.69. The predicted molar refractivity (Wildman–Crippen MR) is 76.5 cm³/mol. The first-order valence-corrected chi connectivity index (χ1v) is 6.74. The van der Waals surface area contributed by atoms with E-state index in [1.807, 2.05) is 24.4 Å². The molecule has 0 spiro atoms. The summed E-state index contributed by atoms with van der Waals surface area (Å²) in [5.74, 6) is 1.15. The number of pyridine rings is 1. The van der Waals surface area contributed by atoms with Gasteiger partial charge in [0.15, 0.2) is 5.82 Å². The number of allylic oxidation sites excluding steroid dienone is 2. The number of aromatic nitrogens is 3. The number of carbonyl (C=O) groups is 1. The molecule has 1 amide bonds. The van der Waals surface area contributed by atoms with Gasteiger partial charge in [-0.3, -0.25) is 4.79 Å². The fourth-order valence-corrected chi connectivity index (χ4v) is 2.32. The monoisotopic (exact) mass is 268 g/mol. The van der Waals surface area contributed by atoms with E-state index in [0.29, 0.717) is 18.0 Å². The molecule has 2 aromatic rings. The Morgan fingerprint density at radius 2 is 2.40 bits per heavy atom. The molecule has 5 nitrogen and oxygen atoms in total. The Bertz CT molecular complexity index is 601. The van der Waals surface area contributed by atoms with Gasteiger partial charge in [0.2, 0.25) is 5.91 Å². The van der Waals surface area contributed by atoms with Crippen LogP contribution >= 0.6 is 0 Å². The third-order valence-electron chi connectivity index (χ3n) is 3.33. The van der Waals surface area contributed by atoms with Gasteiger partial charge in [0.05, 0.1) is 11.9 Å². The summed E-state index contributed by atoms with van der Waals surface area (Å²) in [6, 6.07) is 5.51. The summed E-state index contributed by atoms with van der Waals surface area (Å²) >= 11 is 0. The van der Waals surface area contributed by atoms with Crippen LogP contribution in [-0.4, -0.2) is 20.7 Å². The highest BCUT2D eigenvalue weighted by molar-refractivity contribution is 5.90. The van der Waals surface area contributed by atoms with E-state index in [-0.39, 0.29) is 5.91 Å². The third-order valence-corrected chi connectivity index (χ3v) is 3.33. The van der Waals surface area contributed by atoms with Gasteiger partial charge in [-0.15, -0.1) is 0 Å². The molecule has 3 rings (SSSR count). The van der Waals surface area contributed by atoms with Crippen LogP contribution in [0.15, 0.2) is 48.9 Å². The molecule has 0 fully saturated rings. The second-order valence-electron chi connectivity index (χ2n) is 4.87. The van der Waals surface area contributed by atoms with Crippen molar-refractivity contribution in [3.05, 3.63) is 48.9 Å². The van der Waals surface area contributed by atoms with Crippen LogP contribution in [-0.2, 0) is 4.79 Å². The highest BCUT2D eigenvalue weighted by Crippen LogP contribution is 2.21. The van der Waals surface area contributed by atoms with Crippen LogP contribution in [0.2, 0.25) is 0 Å². The van der Waals surface area contributed by atoms with Crippen molar-refractivity contribution in [2.45, 2.75) is 19.3 Å². The van der Waals surface area contributed by atoms with Crippen LogP contribution < -0.4 is 5.32 Å². The quantitative estimate of drug-likeness (QED) is 0.867. The maximum Gasteiger partial charge on any atom is 0.225 e. The van der Waals surface area contributed by atoms with Gasteiger partial charge in [-0.05, 0) is 37.0 Å². The fourth-order valence-electron chi connectivity index (χ4n) is 2.32. The molecule has 1 aliphatic rings. The minimum absolute atomic E-state index is 0.0372. The molecular weight excluding hydrogens is 252 g/mol. The van der Waals surface area contributed by atoms with Crippen LogP contribution in [0, 0.1) is 5.92 Å². The van der Waals surface area contributed by atoms with Crippen molar-refractivity contribution >= 4 is 11.6 Å². The van der Waals surface area contributed by atoms with Gasteiger partial charge < -0.3 is 5.32 Å². The van der Waals surface area contributed by atoms with E-state index in [2.05, 4.69) is 27.6 Å². The number of nitrogens with zero attached hydrogens (tertiary/aromatic N) is 3. The van der Waals surface area contributed by atoms with E-state index in [4.69, 9.17) is 0 Å². The van der Waals surface area contributed by atoms with Crippen LogP contribution in [0.5, 0.6) is 0 Å². The average Bonchev–Trinajstić information content (AvgIpc) is 3.12. The van der Waals surface area contributed by atoms with E-state index in [9.17, 15) is 4.79 Å². The van der Waals surface area contributed by atoms with Crippen LogP contribution in [0.25, 0.3) is 5.82 Å². The summed E-state index contributed by atoms with van der Waals surface area (Å²) in [5, 5.41) is 6.98. The topological polar surface area (TPSA) is 59.8 Å². The van der Waals surface area contributed by atoms with Crippen LogP contribution in [0.4, 0.5) is 5.69 Å². The van der Waals surface area contributed by atoms with Gasteiger partial charge in [-0.1, -0.05) is 12.2 Å². The number of hydrogen-bond acceptors (Lipinski definition) is 3. The first-order chi connectivity index (χ1) is 9.81. The molecule has 5 heteroatoms. The number of carbonyl (C=O) groups excluding carboxylic acids is 1. The normalized spacial score (nSPS) is 17.3. The molecule has 102 valence electrons. The number of rotatable bonds is 4. The minimum Gasteiger partial charge on any atom is -0.325 e. The summed E-state index contributed by atoms with van der Waals surface area (Å²) in [4.78, 5) is 16.2. The molecule has 0 saturated heterocycles. The molecule has 0 aromatic carbocycles. The minimum atomic E-state index is 0.0372. The van der Waals surface area contributed by atoms with E-state index in [0.717, 1.165) is 18.7 Å². The standard InChI is InChI=1S/C15H16N4O/c20-15(10-12-4-1-2-5-12)18-13-6-7-14(16-11-13)19-9-3-8-17-19/h1,3-4,6-9,11-12H,2,5,10H2,(H,18,20)/t12-/m0/s1. The van der Waals surface area contributed by atoms with Gasteiger partial charge in [0.25, 0.3) is 0 Å². The average molecular weight is 268 g/mol. The maximum atomic E-state index is 11.9. The molecule has 1 N–H and O–H groups in total. The zero-order chi connectivity index (χ0) is 13.8. The van der Waals surface area contributed by atoms with Gasteiger partial charge >= 0.3 is 0 Å². The summed E-state index contributed by atoms with van der Waals surface area (Å²) in [7, 11) is 0. The largest absolute Gasteiger partial charge is 0.325 e. The van der Waals surface area contributed by atoms with Crippen molar-refractivity contribution in [2.75, 3.05) is 5.32 Å². The van der Waals surface area contributed by atoms with Crippen molar-refractivity contribution < 1.29 is 4.79 Å². The number of amides is 1. The maximum absolute atomic E-state index is 11.9. The SMILES string of the molecule is O=C(C[C@H]1C=CCC1)Nc1ccc(-n2cccn2)nc1. The zero-order valence-corrected chi connectivity index (χ0v) is 11.1. The molecule has 2 aromatic heterocycles. The van der Waals surface area contributed by atoms with Crippen LogP contribution in [0.1, 0.15) is 19.3 Å². The Labute approximate surface area is 117 Å². The Morgan fingerprint density at radius 1 is 1.45 bits per heavy atom.